The topological polar surface area (TPSA) is 120 Å². The fraction of sp³-hybridized carbons (Fsp3) is 0.722. The van der Waals surface area contributed by atoms with Crippen molar-refractivity contribution in [3.05, 3.63) is 22.7 Å². The smallest absolute Gasteiger partial charge is 0.351 e. The molecule has 0 radical (unpaired) electrons. The maximum atomic E-state index is 12.3. The molecular formula is C18H30N4O5. The highest BCUT2D eigenvalue weighted by atomic mass is 16.6. The maximum absolute atomic E-state index is 12.3. The van der Waals surface area contributed by atoms with Crippen molar-refractivity contribution >= 4 is 12.2 Å². The Hall–Kier alpha value is -1.81. The molecule has 0 aliphatic carbocycles. The molecule has 0 aromatic carbocycles. The van der Waals surface area contributed by atoms with Gasteiger partial charge < -0.3 is 25.0 Å². The van der Waals surface area contributed by atoms with Crippen molar-refractivity contribution in [1.82, 2.24) is 14.5 Å². The van der Waals surface area contributed by atoms with Crippen molar-refractivity contribution in [3.63, 3.8) is 0 Å². The number of aromatic nitrogens is 2. The number of unbranched alkanes of at least 4 members (excludes halogenated alkanes) is 2. The van der Waals surface area contributed by atoms with Crippen LogP contribution in [0.5, 0.6) is 0 Å². The number of aliphatic imine (C=N–C) groups is 1. The maximum Gasteiger partial charge on any atom is 0.351 e. The molecule has 0 spiro atoms. The zero-order chi connectivity index (χ0) is 19.8. The van der Waals surface area contributed by atoms with Crippen LogP contribution in [0.4, 0.5) is 5.82 Å². The molecule has 1 saturated heterocycles. The molecule has 0 bridgehead atoms. The molecule has 1 unspecified atom stereocenters. The highest BCUT2D eigenvalue weighted by Gasteiger charge is 2.43. The summed E-state index contributed by atoms with van der Waals surface area (Å²) >= 11 is 0. The molecule has 27 heavy (non-hydrogen) atoms. The number of nitrogens with zero attached hydrogens (tertiary/aromatic N) is 4. The van der Waals surface area contributed by atoms with E-state index in [0.29, 0.717) is 0 Å². The molecule has 4 atom stereocenters. The summed E-state index contributed by atoms with van der Waals surface area (Å²) in [6.45, 7) is 5.62. The Morgan fingerprint density at radius 2 is 1.93 bits per heavy atom. The molecule has 1 aliphatic rings. The number of aliphatic hydroxyl groups excluding tert-OH is 3. The fourth-order valence-corrected chi connectivity index (χ4v) is 2.87. The van der Waals surface area contributed by atoms with E-state index in [1.165, 1.54) is 6.20 Å². The Balaban J connectivity index is 2.10. The molecular weight excluding hydrogens is 352 g/mol. The van der Waals surface area contributed by atoms with Gasteiger partial charge in [-0.2, -0.15) is 4.98 Å². The zero-order valence-corrected chi connectivity index (χ0v) is 15.9. The van der Waals surface area contributed by atoms with Crippen LogP contribution in [0.25, 0.3) is 0 Å². The predicted octanol–water partition coefficient (Wildman–Crippen LogP) is 0.417. The molecule has 152 valence electrons. The van der Waals surface area contributed by atoms with Gasteiger partial charge in [-0.05, 0) is 18.9 Å². The van der Waals surface area contributed by atoms with E-state index < -0.39 is 36.8 Å². The third kappa shape index (κ3) is 5.58. The number of ether oxygens (including phenoxy) is 1. The molecule has 0 amide bonds. The molecule has 9 heteroatoms. The largest absolute Gasteiger partial charge is 0.394 e. The number of hydrogen-bond donors (Lipinski definition) is 3. The summed E-state index contributed by atoms with van der Waals surface area (Å²) < 4.78 is 6.45. The van der Waals surface area contributed by atoms with E-state index >= 15 is 0 Å². The van der Waals surface area contributed by atoms with Crippen molar-refractivity contribution < 1.29 is 20.1 Å². The lowest BCUT2D eigenvalue weighted by Crippen LogP contribution is -2.35. The first-order valence-electron chi connectivity index (χ1n) is 9.51. The van der Waals surface area contributed by atoms with E-state index in [9.17, 15) is 15.0 Å². The third-order valence-electron chi connectivity index (χ3n) is 4.56. The quantitative estimate of drug-likeness (QED) is 0.396. The molecule has 9 nitrogen and oxygen atoms in total. The van der Waals surface area contributed by atoms with Crippen LogP contribution in [0, 0.1) is 0 Å². The molecule has 2 rings (SSSR count). The van der Waals surface area contributed by atoms with Gasteiger partial charge in [0.1, 0.15) is 18.3 Å². The second-order valence-electron chi connectivity index (χ2n) is 6.69. The van der Waals surface area contributed by atoms with Gasteiger partial charge in [0.15, 0.2) is 12.0 Å². The van der Waals surface area contributed by atoms with Crippen molar-refractivity contribution in [2.24, 2.45) is 4.99 Å². The van der Waals surface area contributed by atoms with Gasteiger partial charge in [-0.25, -0.2) is 9.79 Å². The Morgan fingerprint density at radius 1 is 1.26 bits per heavy atom. The Bertz CT molecular complexity index is 657. The van der Waals surface area contributed by atoms with Crippen LogP contribution in [-0.4, -0.2) is 74.1 Å². The molecule has 2 heterocycles. The van der Waals surface area contributed by atoms with Crippen LogP contribution in [0.1, 0.15) is 45.8 Å². The van der Waals surface area contributed by atoms with Gasteiger partial charge in [0.2, 0.25) is 0 Å². The first kappa shape index (κ1) is 21.5. The summed E-state index contributed by atoms with van der Waals surface area (Å²) in [7, 11) is 0. The zero-order valence-electron chi connectivity index (χ0n) is 15.9. The monoisotopic (exact) mass is 382 g/mol. The molecule has 3 N–H and O–H groups in total. The summed E-state index contributed by atoms with van der Waals surface area (Å²) in [6.07, 6.45) is 2.82. The van der Waals surface area contributed by atoms with E-state index in [0.717, 1.165) is 43.3 Å². The van der Waals surface area contributed by atoms with E-state index in [4.69, 9.17) is 9.84 Å². The van der Waals surface area contributed by atoms with Crippen LogP contribution in [0.2, 0.25) is 0 Å². The Kier molecular flexibility index (Phi) is 8.36. The minimum atomic E-state index is -1.32. The van der Waals surface area contributed by atoms with Gasteiger partial charge in [0.05, 0.1) is 12.9 Å². The van der Waals surface area contributed by atoms with E-state index in [1.807, 2.05) is 0 Å². The Labute approximate surface area is 158 Å². The van der Waals surface area contributed by atoms with Crippen LogP contribution >= 0.6 is 0 Å². The van der Waals surface area contributed by atoms with Crippen LogP contribution in [0.15, 0.2) is 22.1 Å². The second-order valence-corrected chi connectivity index (χ2v) is 6.69. The van der Waals surface area contributed by atoms with Crippen LogP contribution in [0.3, 0.4) is 0 Å². The molecule has 0 saturated carbocycles. The van der Waals surface area contributed by atoms with Gasteiger partial charge in [0.25, 0.3) is 0 Å². The van der Waals surface area contributed by atoms with E-state index in [2.05, 4.69) is 28.7 Å². The lowest BCUT2D eigenvalue weighted by atomic mass is 10.1. The SMILES string of the molecule is CCCCN(C=Nc1ccn([C@@H]2O[C@H](CO)[C@H](O)C2O)c(=O)n1)CCCC. The summed E-state index contributed by atoms with van der Waals surface area (Å²) in [5.74, 6) is 0.265. The second kappa shape index (κ2) is 10.5. The van der Waals surface area contributed by atoms with Gasteiger partial charge in [0, 0.05) is 19.3 Å². The van der Waals surface area contributed by atoms with Crippen molar-refractivity contribution in [3.8, 4) is 0 Å². The lowest BCUT2D eigenvalue weighted by Gasteiger charge is -2.19. The number of rotatable bonds is 10. The highest BCUT2D eigenvalue weighted by Crippen LogP contribution is 2.28. The van der Waals surface area contributed by atoms with Crippen molar-refractivity contribution in [2.75, 3.05) is 19.7 Å². The summed E-state index contributed by atoms with van der Waals surface area (Å²) in [4.78, 5) is 22.6. The molecule has 1 aliphatic heterocycles. The molecule has 1 fully saturated rings. The summed E-state index contributed by atoms with van der Waals surface area (Å²) in [5, 5.41) is 29.0. The normalized spacial score (nSPS) is 25.4. The van der Waals surface area contributed by atoms with Crippen LogP contribution in [-0.2, 0) is 4.74 Å². The van der Waals surface area contributed by atoms with Crippen molar-refractivity contribution in [1.29, 1.82) is 0 Å². The standard InChI is InChI=1S/C18H30N4O5/c1-3-5-8-21(9-6-4-2)12-19-14-7-10-22(18(26)20-14)17-16(25)15(24)13(11-23)27-17/h7,10,12-13,15-17,23-25H,3-6,8-9,11H2,1-2H3/t13-,15+,16?,17-/m1/s1. The first-order chi connectivity index (χ1) is 13.0. The van der Waals surface area contributed by atoms with Crippen molar-refractivity contribution in [2.45, 2.75) is 64.1 Å². The number of aliphatic hydroxyl groups is 3. The van der Waals surface area contributed by atoms with Gasteiger partial charge in [-0.3, -0.25) is 4.57 Å². The summed E-state index contributed by atoms with van der Waals surface area (Å²) in [5.41, 5.74) is -0.645. The minimum absolute atomic E-state index is 0.265. The minimum Gasteiger partial charge on any atom is -0.394 e. The lowest BCUT2D eigenvalue weighted by molar-refractivity contribution is -0.0549. The van der Waals surface area contributed by atoms with Gasteiger partial charge in [-0.1, -0.05) is 26.7 Å². The van der Waals surface area contributed by atoms with E-state index in [-0.39, 0.29) is 5.82 Å². The predicted molar refractivity (Wildman–Crippen MR) is 101 cm³/mol. The highest BCUT2D eigenvalue weighted by molar-refractivity contribution is 5.59. The average molecular weight is 382 g/mol. The average Bonchev–Trinajstić information content (AvgIpc) is 2.95. The summed E-state index contributed by atoms with van der Waals surface area (Å²) in [6, 6.07) is 1.55. The fourth-order valence-electron chi connectivity index (χ4n) is 2.87. The van der Waals surface area contributed by atoms with Crippen LogP contribution < -0.4 is 5.69 Å². The third-order valence-corrected chi connectivity index (χ3v) is 4.56. The number of hydrogen-bond acceptors (Lipinski definition) is 7. The molecule has 1 aromatic heterocycles. The van der Waals surface area contributed by atoms with Gasteiger partial charge in [-0.15, -0.1) is 0 Å². The van der Waals surface area contributed by atoms with E-state index in [1.54, 1.807) is 12.4 Å². The molecule has 1 aromatic rings. The van der Waals surface area contributed by atoms with Gasteiger partial charge >= 0.3 is 5.69 Å². The Morgan fingerprint density at radius 3 is 2.44 bits per heavy atom. The first-order valence-corrected chi connectivity index (χ1v) is 9.51.